The van der Waals surface area contributed by atoms with Crippen molar-refractivity contribution < 1.29 is 9.53 Å². The van der Waals surface area contributed by atoms with E-state index in [2.05, 4.69) is 9.72 Å². The van der Waals surface area contributed by atoms with E-state index in [9.17, 15) is 9.59 Å². The lowest BCUT2D eigenvalue weighted by Crippen LogP contribution is -2.16. The van der Waals surface area contributed by atoms with Gasteiger partial charge in [0, 0.05) is 23.8 Å². The van der Waals surface area contributed by atoms with Crippen LogP contribution in [0.2, 0.25) is 0 Å². The Morgan fingerprint density at radius 3 is 2.95 bits per heavy atom. The molecule has 0 aliphatic rings. The highest BCUT2D eigenvalue weighted by molar-refractivity contribution is 7.98. The molecule has 5 nitrogen and oxygen atoms in total. The molecule has 0 bridgehead atoms. The molecule has 0 amide bonds. The van der Waals surface area contributed by atoms with E-state index in [1.165, 1.54) is 7.11 Å². The Labute approximate surface area is 127 Å². The van der Waals surface area contributed by atoms with Crippen LogP contribution >= 0.6 is 11.8 Å². The average Bonchev–Trinajstić information content (AvgIpc) is 2.47. The Kier molecular flexibility index (Phi) is 5.01. The Balaban J connectivity index is 2.08. The number of carbonyl (C=O) groups excluding carboxylic acids is 1. The number of esters is 1. The molecule has 0 spiro atoms. The summed E-state index contributed by atoms with van der Waals surface area (Å²) in [6.45, 7) is 3.76. The number of fused-ring (bicyclic) bond motifs is 1. The highest BCUT2D eigenvalue weighted by atomic mass is 32.2. The number of rotatable bonds is 5. The van der Waals surface area contributed by atoms with Gasteiger partial charge in [0.25, 0.3) is 5.56 Å². The predicted molar refractivity (Wildman–Crippen MR) is 83.5 cm³/mol. The van der Waals surface area contributed by atoms with Gasteiger partial charge >= 0.3 is 5.97 Å². The Bertz CT molecular complexity index is 712. The molecule has 1 unspecified atom stereocenters. The molecule has 2 aromatic heterocycles. The molecule has 21 heavy (non-hydrogen) atoms. The van der Waals surface area contributed by atoms with E-state index in [4.69, 9.17) is 0 Å². The number of aromatic nitrogens is 2. The molecule has 0 fully saturated rings. The van der Waals surface area contributed by atoms with Crippen molar-refractivity contribution in [2.24, 2.45) is 5.92 Å². The van der Waals surface area contributed by atoms with Crippen LogP contribution < -0.4 is 5.56 Å². The van der Waals surface area contributed by atoms with Gasteiger partial charge in [-0.05, 0) is 18.6 Å². The van der Waals surface area contributed by atoms with E-state index in [0.717, 1.165) is 11.3 Å². The van der Waals surface area contributed by atoms with Crippen molar-refractivity contribution in [3.05, 3.63) is 46.0 Å². The molecule has 0 aliphatic heterocycles. The lowest BCUT2D eigenvalue weighted by molar-refractivity contribution is -0.143. The molecule has 0 N–H and O–H groups in total. The van der Waals surface area contributed by atoms with Gasteiger partial charge in [0.1, 0.15) is 5.65 Å². The van der Waals surface area contributed by atoms with E-state index in [1.54, 1.807) is 28.4 Å². The monoisotopic (exact) mass is 306 g/mol. The zero-order chi connectivity index (χ0) is 15.4. The second-order valence-electron chi connectivity index (χ2n) is 4.96. The molecule has 1 atom stereocenters. The van der Waals surface area contributed by atoms with E-state index >= 15 is 0 Å². The van der Waals surface area contributed by atoms with Crippen LogP contribution in [0.25, 0.3) is 5.65 Å². The fourth-order valence-corrected chi connectivity index (χ4v) is 2.91. The van der Waals surface area contributed by atoms with Gasteiger partial charge in [-0.3, -0.25) is 14.0 Å². The van der Waals surface area contributed by atoms with E-state index < -0.39 is 0 Å². The molecule has 0 aliphatic carbocycles. The molecule has 0 saturated heterocycles. The normalized spacial score (nSPS) is 12.3. The summed E-state index contributed by atoms with van der Waals surface area (Å²) in [6.07, 6.45) is 1.78. The standard InChI is InChI=1S/C15H18N2O3S/c1-10-4-5-13-16-12(6-14(18)17(13)7-10)9-21-8-11(2)15(19)20-3/h4-7,11H,8-9H2,1-3H3. The van der Waals surface area contributed by atoms with Crippen LogP contribution in [0.4, 0.5) is 0 Å². The number of methoxy groups -OCH3 is 1. The van der Waals surface area contributed by atoms with Crippen LogP contribution in [-0.4, -0.2) is 28.2 Å². The average molecular weight is 306 g/mol. The first-order chi connectivity index (χ1) is 10.0. The van der Waals surface area contributed by atoms with Crippen molar-refractivity contribution in [1.29, 1.82) is 0 Å². The summed E-state index contributed by atoms with van der Waals surface area (Å²) in [5, 5.41) is 0. The minimum absolute atomic E-state index is 0.0830. The minimum atomic E-state index is -0.218. The maximum absolute atomic E-state index is 12.0. The molecule has 2 rings (SSSR count). The first kappa shape index (κ1) is 15.6. The lowest BCUT2D eigenvalue weighted by atomic mass is 10.2. The Morgan fingerprint density at radius 1 is 1.48 bits per heavy atom. The summed E-state index contributed by atoms with van der Waals surface area (Å²) in [4.78, 5) is 27.8. The van der Waals surface area contributed by atoms with Crippen LogP contribution in [0.15, 0.2) is 29.2 Å². The summed E-state index contributed by atoms with van der Waals surface area (Å²) < 4.78 is 6.22. The predicted octanol–water partition coefficient (Wildman–Crippen LogP) is 2.05. The van der Waals surface area contributed by atoms with E-state index in [0.29, 0.717) is 17.2 Å². The van der Waals surface area contributed by atoms with Crippen LogP contribution in [0.5, 0.6) is 0 Å². The highest BCUT2D eigenvalue weighted by Gasteiger charge is 2.13. The summed E-state index contributed by atoms with van der Waals surface area (Å²) >= 11 is 1.57. The number of hydrogen-bond acceptors (Lipinski definition) is 5. The molecular weight excluding hydrogens is 288 g/mol. The van der Waals surface area contributed by atoms with Crippen molar-refractivity contribution >= 4 is 23.4 Å². The number of pyridine rings is 1. The number of nitrogens with zero attached hydrogens (tertiary/aromatic N) is 2. The van der Waals surface area contributed by atoms with Gasteiger partial charge < -0.3 is 4.74 Å². The quantitative estimate of drug-likeness (QED) is 0.791. The molecule has 6 heteroatoms. The second kappa shape index (κ2) is 6.76. The molecule has 0 radical (unpaired) electrons. The van der Waals surface area contributed by atoms with Crippen molar-refractivity contribution in [2.75, 3.05) is 12.9 Å². The molecule has 2 heterocycles. The summed E-state index contributed by atoms with van der Waals surface area (Å²) in [5.74, 6) is 0.858. The van der Waals surface area contributed by atoms with Crippen molar-refractivity contribution in [1.82, 2.24) is 9.38 Å². The van der Waals surface area contributed by atoms with Crippen LogP contribution in [0, 0.1) is 12.8 Å². The van der Waals surface area contributed by atoms with E-state index in [-0.39, 0.29) is 17.4 Å². The van der Waals surface area contributed by atoms with Crippen LogP contribution in [0.1, 0.15) is 18.2 Å². The van der Waals surface area contributed by atoms with Gasteiger partial charge in [0.05, 0.1) is 18.7 Å². The smallest absolute Gasteiger partial charge is 0.309 e. The first-order valence-electron chi connectivity index (χ1n) is 6.66. The molecule has 2 aromatic rings. The SMILES string of the molecule is COC(=O)C(C)CSCc1cc(=O)n2cc(C)ccc2n1. The van der Waals surface area contributed by atoms with Gasteiger partial charge in [0.2, 0.25) is 0 Å². The van der Waals surface area contributed by atoms with Crippen LogP contribution in [0.3, 0.4) is 0 Å². The number of ether oxygens (including phenoxy) is 1. The van der Waals surface area contributed by atoms with Gasteiger partial charge in [-0.1, -0.05) is 13.0 Å². The zero-order valence-corrected chi connectivity index (χ0v) is 13.1. The first-order valence-corrected chi connectivity index (χ1v) is 7.81. The molecular formula is C15H18N2O3S. The fourth-order valence-electron chi connectivity index (χ4n) is 1.94. The summed E-state index contributed by atoms with van der Waals surface area (Å²) in [7, 11) is 1.39. The Hall–Kier alpha value is -1.82. The third-order valence-corrected chi connectivity index (χ3v) is 4.32. The zero-order valence-electron chi connectivity index (χ0n) is 12.3. The van der Waals surface area contributed by atoms with Gasteiger partial charge in [-0.15, -0.1) is 0 Å². The van der Waals surface area contributed by atoms with Crippen LogP contribution in [-0.2, 0) is 15.3 Å². The molecule has 0 aromatic carbocycles. The maximum atomic E-state index is 12.0. The van der Waals surface area contributed by atoms with Crippen molar-refractivity contribution in [3.8, 4) is 0 Å². The highest BCUT2D eigenvalue weighted by Crippen LogP contribution is 2.15. The van der Waals surface area contributed by atoms with Gasteiger partial charge in [-0.25, -0.2) is 4.98 Å². The third-order valence-electron chi connectivity index (χ3n) is 3.08. The second-order valence-corrected chi connectivity index (χ2v) is 5.99. The van der Waals surface area contributed by atoms with E-state index in [1.807, 2.05) is 26.0 Å². The maximum Gasteiger partial charge on any atom is 0.309 e. The summed E-state index contributed by atoms with van der Waals surface area (Å²) in [6, 6.07) is 5.31. The molecule has 0 saturated carbocycles. The fraction of sp³-hybridized carbons (Fsp3) is 0.400. The van der Waals surface area contributed by atoms with Gasteiger partial charge in [0.15, 0.2) is 0 Å². The summed E-state index contributed by atoms with van der Waals surface area (Å²) in [5.41, 5.74) is 2.30. The topological polar surface area (TPSA) is 60.7 Å². The lowest BCUT2D eigenvalue weighted by Gasteiger charge is -2.08. The largest absolute Gasteiger partial charge is 0.469 e. The third kappa shape index (κ3) is 3.85. The Morgan fingerprint density at radius 2 is 2.24 bits per heavy atom. The van der Waals surface area contributed by atoms with Crippen molar-refractivity contribution in [3.63, 3.8) is 0 Å². The number of aryl methyl sites for hydroxylation is 1. The van der Waals surface area contributed by atoms with Gasteiger partial charge in [-0.2, -0.15) is 11.8 Å². The number of hydrogen-bond donors (Lipinski definition) is 0. The number of carbonyl (C=O) groups is 1. The molecule has 112 valence electrons. The number of thioether (sulfide) groups is 1. The van der Waals surface area contributed by atoms with Crippen molar-refractivity contribution in [2.45, 2.75) is 19.6 Å². The minimum Gasteiger partial charge on any atom is -0.469 e.